The van der Waals surface area contributed by atoms with Gasteiger partial charge in [-0.15, -0.1) is 5.10 Å². The van der Waals surface area contributed by atoms with Crippen LogP contribution < -0.4 is 19.5 Å². The highest BCUT2D eigenvalue weighted by atomic mass is 35.5. The van der Waals surface area contributed by atoms with Crippen molar-refractivity contribution in [2.45, 2.75) is 31.7 Å². The van der Waals surface area contributed by atoms with E-state index in [1.54, 1.807) is 40.0 Å². The van der Waals surface area contributed by atoms with Crippen LogP contribution in [-0.4, -0.2) is 81.7 Å². The zero-order valence-corrected chi connectivity index (χ0v) is 21.1. The van der Waals surface area contributed by atoms with E-state index in [2.05, 4.69) is 20.6 Å². The lowest BCUT2D eigenvalue weighted by Gasteiger charge is -2.21. The lowest BCUT2D eigenvalue weighted by molar-refractivity contribution is -0.130. The molecule has 1 saturated heterocycles. The Bertz CT molecular complexity index is 1370. The van der Waals surface area contributed by atoms with Gasteiger partial charge in [0.1, 0.15) is 25.5 Å². The second-order valence-corrected chi connectivity index (χ2v) is 9.57. The second-order valence-electron chi connectivity index (χ2n) is 9.16. The molecule has 6 rings (SSSR count). The minimum Gasteiger partial charge on any atom is -0.489 e. The molecule has 2 aromatic heterocycles. The van der Waals surface area contributed by atoms with Crippen LogP contribution in [0.5, 0.6) is 17.2 Å². The van der Waals surface area contributed by atoms with Crippen LogP contribution in [0.15, 0.2) is 36.7 Å². The van der Waals surface area contributed by atoms with Crippen molar-refractivity contribution >= 4 is 23.4 Å². The first-order valence-corrected chi connectivity index (χ1v) is 12.7. The van der Waals surface area contributed by atoms with Crippen LogP contribution in [0.4, 0.5) is 0 Å². The number of hydrogen-bond donors (Lipinski definition) is 1. The number of benzene rings is 1. The lowest BCUT2D eigenvalue weighted by atomic mass is 10.1. The largest absolute Gasteiger partial charge is 0.489 e. The molecule has 0 aliphatic carbocycles. The van der Waals surface area contributed by atoms with E-state index < -0.39 is 18.1 Å². The highest BCUT2D eigenvalue weighted by molar-refractivity contribution is 6.31. The first-order valence-electron chi connectivity index (χ1n) is 12.3. The van der Waals surface area contributed by atoms with Gasteiger partial charge in [0.05, 0.1) is 37.9 Å². The van der Waals surface area contributed by atoms with Crippen molar-refractivity contribution in [1.82, 2.24) is 30.2 Å². The molecule has 12 nitrogen and oxygen atoms in total. The minimum atomic E-state index is -0.477. The Labute approximate surface area is 222 Å². The highest BCUT2D eigenvalue weighted by Crippen LogP contribution is 2.36. The Morgan fingerprint density at radius 3 is 2.79 bits per heavy atom. The third-order valence-corrected chi connectivity index (χ3v) is 6.94. The van der Waals surface area contributed by atoms with Gasteiger partial charge in [0.25, 0.3) is 5.91 Å². The molecule has 2 amide bonds. The molecule has 0 unspecified atom stereocenters. The average Bonchev–Trinajstić information content (AvgIpc) is 3.54. The van der Waals surface area contributed by atoms with Crippen molar-refractivity contribution in [3.63, 3.8) is 0 Å². The number of ether oxygens (including phenoxy) is 4. The van der Waals surface area contributed by atoms with Gasteiger partial charge in [-0.3, -0.25) is 9.59 Å². The zero-order chi connectivity index (χ0) is 26.1. The molecule has 1 N–H and O–H groups in total. The molecule has 1 fully saturated rings. The van der Waals surface area contributed by atoms with Crippen LogP contribution in [0.3, 0.4) is 0 Å². The van der Waals surface area contributed by atoms with Crippen molar-refractivity contribution in [2.24, 2.45) is 0 Å². The van der Waals surface area contributed by atoms with Crippen LogP contribution >= 0.6 is 11.6 Å². The summed E-state index contributed by atoms with van der Waals surface area (Å²) in [4.78, 5) is 32.4. The molecule has 0 spiro atoms. The van der Waals surface area contributed by atoms with E-state index in [0.29, 0.717) is 53.3 Å². The Kier molecular flexibility index (Phi) is 6.73. The van der Waals surface area contributed by atoms with Crippen molar-refractivity contribution in [2.75, 3.05) is 32.9 Å². The van der Waals surface area contributed by atoms with Gasteiger partial charge in [0.15, 0.2) is 22.9 Å². The predicted molar refractivity (Wildman–Crippen MR) is 132 cm³/mol. The molecule has 198 valence electrons. The van der Waals surface area contributed by atoms with Gasteiger partial charge in [-0.05, 0) is 23.8 Å². The van der Waals surface area contributed by atoms with Crippen molar-refractivity contribution in [1.29, 1.82) is 0 Å². The number of halogens is 1. The topological polar surface area (TPSA) is 130 Å². The Hall–Kier alpha value is -3.90. The third kappa shape index (κ3) is 5.09. The number of pyridine rings is 1. The summed E-state index contributed by atoms with van der Waals surface area (Å²) in [7, 11) is 0. The molecule has 2 atom stereocenters. The molecular formula is C25H25ClN6O6. The van der Waals surface area contributed by atoms with Crippen molar-refractivity contribution in [3.8, 4) is 17.2 Å². The third-order valence-electron chi connectivity index (χ3n) is 6.58. The summed E-state index contributed by atoms with van der Waals surface area (Å²) in [6.45, 7) is 2.34. The van der Waals surface area contributed by atoms with Crippen LogP contribution in [0.2, 0.25) is 5.02 Å². The van der Waals surface area contributed by atoms with E-state index in [9.17, 15) is 9.59 Å². The SMILES string of the molecule is O=C1N[C@H]2CN(C(=O)Cc3cc4c(cc3Cl)OCCO4)C[C@@H]2OCc2cn(nn2)CCOc2cccnc21. The van der Waals surface area contributed by atoms with Gasteiger partial charge in [0.2, 0.25) is 5.91 Å². The fraction of sp³-hybridized carbons (Fsp3) is 0.400. The minimum absolute atomic E-state index is 0.0649. The van der Waals surface area contributed by atoms with E-state index >= 15 is 0 Å². The number of carbonyl (C=O) groups excluding carboxylic acids is 2. The Morgan fingerprint density at radius 1 is 1.11 bits per heavy atom. The number of aromatic nitrogens is 4. The van der Waals surface area contributed by atoms with Crippen LogP contribution in [-0.2, 0) is 29.1 Å². The normalized spacial score (nSPS) is 21.0. The molecule has 3 aromatic rings. The van der Waals surface area contributed by atoms with Gasteiger partial charge < -0.3 is 29.2 Å². The smallest absolute Gasteiger partial charge is 0.274 e. The summed E-state index contributed by atoms with van der Waals surface area (Å²) in [5.41, 5.74) is 1.44. The van der Waals surface area contributed by atoms with Gasteiger partial charge in [-0.2, -0.15) is 0 Å². The zero-order valence-electron chi connectivity index (χ0n) is 20.3. The van der Waals surface area contributed by atoms with E-state index in [-0.39, 0.29) is 44.3 Å². The number of likely N-dealkylation sites (tertiary alicyclic amines) is 1. The maximum Gasteiger partial charge on any atom is 0.274 e. The summed E-state index contributed by atoms with van der Waals surface area (Å²) in [6, 6.07) is 6.33. The number of amides is 2. The van der Waals surface area contributed by atoms with Crippen molar-refractivity contribution < 1.29 is 28.5 Å². The van der Waals surface area contributed by atoms with E-state index in [4.69, 9.17) is 30.5 Å². The van der Waals surface area contributed by atoms with E-state index in [1.165, 1.54) is 6.20 Å². The average molecular weight is 541 g/mol. The van der Waals surface area contributed by atoms with Gasteiger partial charge in [0, 0.05) is 30.4 Å². The summed E-state index contributed by atoms with van der Waals surface area (Å²) >= 11 is 6.44. The van der Waals surface area contributed by atoms with E-state index in [0.717, 1.165) is 0 Å². The fourth-order valence-electron chi connectivity index (χ4n) is 4.67. The number of nitrogens with zero attached hydrogens (tertiary/aromatic N) is 5. The quantitative estimate of drug-likeness (QED) is 0.510. The molecule has 2 bridgehead atoms. The Morgan fingerprint density at radius 2 is 1.92 bits per heavy atom. The monoisotopic (exact) mass is 540 g/mol. The first kappa shape index (κ1) is 24.4. The second kappa shape index (κ2) is 10.5. The van der Waals surface area contributed by atoms with Gasteiger partial charge in [-0.25, -0.2) is 9.67 Å². The summed E-state index contributed by atoms with van der Waals surface area (Å²) in [5, 5.41) is 11.7. The molecule has 38 heavy (non-hydrogen) atoms. The molecule has 0 saturated carbocycles. The molecule has 1 aromatic carbocycles. The highest BCUT2D eigenvalue weighted by Gasteiger charge is 2.38. The summed E-state index contributed by atoms with van der Waals surface area (Å²) in [5.74, 6) is 0.930. The molecule has 0 radical (unpaired) electrons. The summed E-state index contributed by atoms with van der Waals surface area (Å²) in [6.07, 6.45) is 2.91. The van der Waals surface area contributed by atoms with Crippen LogP contribution in [0.25, 0.3) is 0 Å². The lowest BCUT2D eigenvalue weighted by Crippen LogP contribution is -2.44. The van der Waals surface area contributed by atoms with Crippen molar-refractivity contribution in [3.05, 3.63) is 58.6 Å². The fourth-order valence-corrected chi connectivity index (χ4v) is 4.89. The number of fused-ring (bicyclic) bond motifs is 5. The van der Waals surface area contributed by atoms with Gasteiger partial charge >= 0.3 is 0 Å². The van der Waals surface area contributed by atoms with Crippen LogP contribution in [0, 0.1) is 0 Å². The molecule has 3 aliphatic rings. The molecule has 13 heteroatoms. The number of carbonyl (C=O) groups is 2. The predicted octanol–water partition coefficient (Wildman–Crippen LogP) is 1.26. The number of rotatable bonds is 2. The van der Waals surface area contributed by atoms with E-state index in [1.807, 2.05) is 0 Å². The standard InChI is InChI=1S/C25H25ClN6O6/c26-17-10-21-20(36-6-7-37-21)8-15(17)9-23(33)31-12-18-22(13-31)38-14-16-11-32(30-29-16)4-5-35-19-2-1-3-27-24(19)25(34)28-18/h1-3,8,10-11,18,22H,4-7,9,12-14H2,(H,28,34)/t18-,22-/m0/s1. The number of nitrogens with one attached hydrogen (secondary N) is 1. The Balaban J connectivity index is 1.22. The first-order chi connectivity index (χ1) is 18.5. The molecular weight excluding hydrogens is 516 g/mol. The molecule has 3 aliphatic heterocycles. The van der Waals surface area contributed by atoms with Gasteiger partial charge in [-0.1, -0.05) is 16.8 Å². The maximum atomic E-state index is 13.3. The molecule has 5 heterocycles. The number of hydrogen-bond acceptors (Lipinski definition) is 9. The summed E-state index contributed by atoms with van der Waals surface area (Å²) < 4.78 is 24.8. The van der Waals surface area contributed by atoms with Crippen LogP contribution in [0.1, 0.15) is 21.7 Å². The maximum absolute atomic E-state index is 13.3.